The number of carbonyl (C=O) groups is 2. The lowest BCUT2D eigenvalue weighted by Crippen LogP contribution is -2.25. The van der Waals surface area contributed by atoms with E-state index in [2.05, 4.69) is 10.6 Å². The van der Waals surface area contributed by atoms with Crippen LogP contribution in [-0.2, 0) is 0 Å². The zero-order chi connectivity index (χ0) is 17.9. The molecule has 1 heterocycles. The lowest BCUT2D eigenvalue weighted by molar-refractivity contribution is 0.0949. The monoisotopic (exact) mass is 362 g/mol. The summed E-state index contributed by atoms with van der Waals surface area (Å²) in [6, 6.07) is 19.1. The van der Waals surface area contributed by atoms with Crippen molar-refractivity contribution in [3.8, 4) is 11.1 Å². The SMILES string of the molecule is O=C(NC1CC1)c1cccc(NC(=O)c2sccc2-c2ccccc2)c1. The fourth-order valence-corrected chi connectivity index (χ4v) is 3.56. The van der Waals surface area contributed by atoms with Gasteiger partial charge in [-0.2, -0.15) is 0 Å². The topological polar surface area (TPSA) is 58.2 Å². The molecule has 0 spiro atoms. The second kappa shape index (κ2) is 7.14. The second-order valence-corrected chi connectivity index (χ2v) is 7.23. The number of nitrogens with one attached hydrogen (secondary N) is 2. The van der Waals surface area contributed by atoms with Gasteiger partial charge in [0.05, 0.1) is 4.88 Å². The van der Waals surface area contributed by atoms with Gasteiger partial charge in [0.25, 0.3) is 11.8 Å². The largest absolute Gasteiger partial charge is 0.349 e. The van der Waals surface area contributed by atoms with Gasteiger partial charge in [0.1, 0.15) is 0 Å². The maximum absolute atomic E-state index is 12.7. The van der Waals surface area contributed by atoms with Crippen molar-refractivity contribution in [1.82, 2.24) is 5.32 Å². The molecule has 0 aliphatic heterocycles. The van der Waals surface area contributed by atoms with Crippen LogP contribution in [0.1, 0.15) is 32.9 Å². The number of hydrogen-bond acceptors (Lipinski definition) is 3. The van der Waals surface area contributed by atoms with Gasteiger partial charge in [-0.3, -0.25) is 9.59 Å². The summed E-state index contributed by atoms with van der Waals surface area (Å²) in [6.45, 7) is 0. The van der Waals surface area contributed by atoms with Crippen LogP contribution in [0.25, 0.3) is 11.1 Å². The first-order valence-electron chi connectivity index (χ1n) is 8.56. The Morgan fingerprint density at radius 3 is 2.50 bits per heavy atom. The summed E-state index contributed by atoms with van der Waals surface area (Å²) in [6.07, 6.45) is 2.09. The van der Waals surface area contributed by atoms with Crippen LogP contribution in [0.15, 0.2) is 66.0 Å². The summed E-state index contributed by atoms with van der Waals surface area (Å²) in [4.78, 5) is 25.6. The van der Waals surface area contributed by atoms with E-state index >= 15 is 0 Å². The Hall–Kier alpha value is -2.92. The smallest absolute Gasteiger partial charge is 0.266 e. The summed E-state index contributed by atoms with van der Waals surface area (Å²) in [5, 5.41) is 7.78. The predicted octanol–water partition coefficient (Wildman–Crippen LogP) is 4.56. The Bertz CT molecular complexity index is 945. The van der Waals surface area contributed by atoms with Gasteiger partial charge in [-0.05, 0) is 48.1 Å². The Balaban J connectivity index is 1.52. The molecule has 5 heteroatoms. The number of thiophene rings is 1. The first-order valence-corrected chi connectivity index (χ1v) is 9.44. The van der Waals surface area contributed by atoms with Gasteiger partial charge in [0, 0.05) is 22.9 Å². The third-order valence-corrected chi connectivity index (χ3v) is 5.16. The number of amides is 2. The summed E-state index contributed by atoms with van der Waals surface area (Å²) in [7, 11) is 0. The molecule has 2 N–H and O–H groups in total. The summed E-state index contributed by atoms with van der Waals surface area (Å²) >= 11 is 1.41. The molecular formula is C21H18N2O2S. The molecule has 2 aromatic carbocycles. The molecule has 1 aliphatic rings. The van der Waals surface area contributed by atoms with Crippen molar-refractivity contribution in [2.45, 2.75) is 18.9 Å². The first-order chi connectivity index (χ1) is 12.7. The fourth-order valence-electron chi connectivity index (χ4n) is 2.75. The van der Waals surface area contributed by atoms with E-state index in [1.807, 2.05) is 41.8 Å². The quantitative estimate of drug-likeness (QED) is 0.699. The number of hydrogen-bond donors (Lipinski definition) is 2. The number of rotatable bonds is 5. The van der Waals surface area contributed by atoms with Gasteiger partial charge in [0.15, 0.2) is 0 Å². The molecule has 4 nitrogen and oxygen atoms in total. The van der Waals surface area contributed by atoms with E-state index in [1.165, 1.54) is 11.3 Å². The normalized spacial score (nSPS) is 13.2. The van der Waals surface area contributed by atoms with Gasteiger partial charge in [-0.1, -0.05) is 36.4 Å². The molecule has 0 radical (unpaired) electrons. The highest BCUT2D eigenvalue weighted by Crippen LogP contribution is 2.29. The van der Waals surface area contributed by atoms with E-state index in [9.17, 15) is 9.59 Å². The molecule has 0 bridgehead atoms. The van der Waals surface area contributed by atoms with E-state index in [-0.39, 0.29) is 11.8 Å². The molecule has 0 atom stereocenters. The number of benzene rings is 2. The van der Waals surface area contributed by atoms with Crippen molar-refractivity contribution in [1.29, 1.82) is 0 Å². The highest BCUT2D eigenvalue weighted by molar-refractivity contribution is 7.12. The van der Waals surface area contributed by atoms with Gasteiger partial charge in [-0.15, -0.1) is 11.3 Å². The third-order valence-electron chi connectivity index (χ3n) is 4.25. The van der Waals surface area contributed by atoms with E-state index < -0.39 is 0 Å². The van der Waals surface area contributed by atoms with E-state index in [1.54, 1.807) is 24.3 Å². The molecule has 0 unspecified atom stereocenters. The van der Waals surface area contributed by atoms with Crippen LogP contribution in [0.3, 0.4) is 0 Å². The number of carbonyl (C=O) groups excluding carboxylic acids is 2. The minimum Gasteiger partial charge on any atom is -0.349 e. The van der Waals surface area contributed by atoms with Crippen molar-refractivity contribution in [3.63, 3.8) is 0 Å². The van der Waals surface area contributed by atoms with Crippen molar-refractivity contribution >= 4 is 28.8 Å². The van der Waals surface area contributed by atoms with Crippen LogP contribution in [0.5, 0.6) is 0 Å². The van der Waals surface area contributed by atoms with E-state index in [0.717, 1.165) is 24.0 Å². The summed E-state index contributed by atoms with van der Waals surface area (Å²) in [5.74, 6) is -0.261. The summed E-state index contributed by atoms with van der Waals surface area (Å²) in [5.41, 5.74) is 3.10. The maximum atomic E-state index is 12.7. The van der Waals surface area contributed by atoms with Crippen molar-refractivity contribution in [2.75, 3.05) is 5.32 Å². The molecular weight excluding hydrogens is 344 g/mol. The first kappa shape index (κ1) is 16.5. The minimum absolute atomic E-state index is 0.0929. The van der Waals surface area contributed by atoms with Crippen LogP contribution in [0.2, 0.25) is 0 Å². The zero-order valence-electron chi connectivity index (χ0n) is 14.1. The van der Waals surface area contributed by atoms with Crippen LogP contribution in [-0.4, -0.2) is 17.9 Å². The standard InChI is InChI=1S/C21H18N2O2S/c24-20(22-16-9-10-16)15-7-4-8-17(13-15)23-21(25)19-18(11-12-26-19)14-5-2-1-3-6-14/h1-8,11-13,16H,9-10H2,(H,22,24)(H,23,25). The highest BCUT2D eigenvalue weighted by Gasteiger charge is 2.24. The van der Waals surface area contributed by atoms with Crippen LogP contribution >= 0.6 is 11.3 Å². The van der Waals surface area contributed by atoms with Crippen LogP contribution in [0, 0.1) is 0 Å². The molecule has 4 rings (SSSR count). The predicted molar refractivity (Wildman–Crippen MR) is 105 cm³/mol. The minimum atomic E-state index is -0.168. The Labute approximate surface area is 155 Å². The molecule has 2 amide bonds. The molecule has 1 fully saturated rings. The molecule has 1 aromatic heterocycles. The maximum Gasteiger partial charge on any atom is 0.266 e. The summed E-state index contributed by atoms with van der Waals surface area (Å²) < 4.78 is 0. The molecule has 26 heavy (non-hydrogen) atoms. The van der Waals surface area contributed by atoms with Crippen molar-refractivity contribution in [3.05, 3.63) is 76.5 Å². The number of anilines is 1. The molecule has 130 valence electrons. The lowest BCUT2D eigenvalue weighted by Gasteiger charge is -2.09. The fraction of sp³-hybridized carbons (Fsp3) is 0.143. The Kier molecular flexibility index (Phi) is 4.54. The molecule has 1 aliphatic carbocycles. The van der Waals surface area contributed by atoms with Crippen molar-refractivity contribution in [2.24, 2.45) is 0 Å². The average molecular weight is 362 g/mol. The lowest BCUT2D eigenvalue weighted by atomic mass is 10.1. The van der Waals surface area contributed by atoms with Gasteiger partial charge >= 0.3 is 0 Å². The van der Waals surface area contributed by atoms with Crippen LogP contribution < -0.4 is 10.6 Å². The highest BCUT2D eigenvalue weighted by atomic mass is 32.1. The average Bonchev–Trinajstić information content (AvgIpc) is 3.34. The third kappa shape index (κ3) is 3.68. The van der Waals surface area contributed by atoms with Gasteiger partial charge in [-0.25, -0.2) is 0 Å². The Morgan fingerprint density at radius 1 is 0.923 bits per heavy atom. The second-order valence-electron chi connectivity index (χ2n) is 6.31. The molecule has 3 aromatic rings. The zero-order valence-corrected chi connectivity index (χ0v) is 14.9. The van der Waals surface area contributed by atoms with E-state index in [4.69, 9.17) is 0 Å². The van der Waals surface area contributed by atoms with Gasteiger partial charge in [0.2, 0.25) is 0 Å². The van der Waals surface area contributed by atoms with Gasteiger partial charge < -0.3 is 10.6 Å². The van der Waals surface area contributed by atoms with Crippen molar-refractivity contribution < 1.29 is 9.59 Å². The molecule has 0 saturated heterocycles. The van der Waals surface area contributed by atoms with Crippen LogP contribution in [0.4, 0.5) is 5.69 Å². The molecule has 1 saturated carbocycles. The van der Waals surface area contributed by atoms with E-state index in [0.29, 0.717) is 22.2 Å². The Morgan fingerprint density at radius 2 is 1.73 bits per heavy atom.